The summed E-state index contributed by atoms with van der Waals surface area (Å²) in [4.78, 5) is 12.2. The largest absolute Gasteiger partial charge is 0.475 e. The van der Waals surface area contributed by atoms with Crippen molar-refractivity contribution < 1.29 is 17.5 Å². The summed E-state index contributed by atoms with van der Waals surface area (Å²) in [6.45, 7) is -0.0932. The second-order valence-corrected chi connectivity index (χ2v) is 10.5. The summed E-state index contributed by atoms with van der Waals surface area (Å²) in [5.74, 6) is -0.525. The molecule has 0 radical (unpaired) electrons. The number of ether oxygens (including phenoxy) is 1. The Kier molecular flexibility index (Phi) is 6.52. The van der Waals surface area contributed by atoms with E-state index in [0.29, 0.717) is 11.3 Å². The number of sulfonamides is 1. The SMILES string of the molecule is N#Cc1cc(S(=O)(=O)Nc2nccs2)ccc1OC1(c2ccnc(-c3ccccc3)c2)C=CC(F)=NC1. The van der Waals surface area contributed by atoms with Crippen LogP contribution < -0.4 is 9.46 Å². The van der Waals surface area contributed by atoms with Crippen molar-refractivity contribution in [3.63, 3.8) is 0 Å². The number of nitrogens with zero attached hydrogens (tertiary/aromatic N) is 4. The van der Waals surface area contributed by atoms with E-state index in [4.69, 9.17) is 4.74 Å². The fourth-order valence-corrected chi connectivity index (χ4v) is 5.59. The summed E-state index contributed by atoms with van der Waals surface area (Å²) < 4.78 is 48.2. The smallest absolute Gasteiger partial charge is 0.263 e. The van der Waals surface area contributed by atoms with Crippen molar-refractivity contribution in [2.75, 3.05) is 11.3 Å². The Balaban J connectivity index is 1.52. The van der Waals surface area contributed by atoms with E-state index in [0.717, 1.165) is 16.9 Å². The Labute approximate surface area is 216 Å². The van der Waals surface area contributed by atoms with Gasteiger partial charge in [-0.05, 0) is 42.5 Å². The summed E-state index contributed by atoms with van der Waals surface area (Å²) in [6, 6.07) is 19.0. The molecule has 1 atom stereocenters. The molecule has 0 bridgehead atoms. The van der Waals surface area contributed by atoms with Gasteiger partial charge in [-0.25, -0.2) is 13.4 Å². The molecule has 0 amide bonds. The molecule has 2 aromatic carbocycles. The van der Waals surface area contributed by atoms with Gasteiger partial charge in [-0.15, -0.1) is 11.3 Å². The Morgan fingerprint density at radius 2 is 1.92 bits per heavy atom. The van der Waals surface area contributed by atoms with E-state index in [1.165, 1.54) is 36.5 Å². The number of hydrogen-bond donors (Lipinski definition) is 1. The predicted octanol–water partition coefficient (Wildman–Crippen LogP) is 5.09. The third-order valence-corrected chi connectivity index (χ3v) is 7.76. The number of allylic oxidation sites excluding steroid dienone is 1. The minimum absolute atomic E-state index is 0.0119. The molecular weight excluding hydrogens is 513 g/mol. The second kappa shape index (κ2) is 9.93. The highest BCUT2D eigenvalue weighted by molar-refractivity contribution is 7.93. The van der Waals surface area contributed by atoms with Crippen LogP contribution in [0.25, 0.3) is 11.3 Å². The minimum Gasteiger partial charge on any atom is -0.475 e. The number of rotatable bonds is 7. The fourth-order valence-electron chi connectivity index (χ4n) is 3.77. The highest BCUT2D eigenvalue weighted by atomic mass is 32.2. The third kappa shape index (κ3) is 5.11. The topological polar surface area (TPSA) is 117 Å². The first-order chi connectivity index (χ1) is 17.9. The molecule has 0 fully saturated rings. The lowest BCUT2D eigenvalue weighted by atomic mass is 9.91. The first-order valence-corrected chi connectivity index (χ1v) is 13.3. The molecule has 5 rings (SSSR count). The fraction of sp³-hybridized carbons (Fsp3) is 0.0769. The van der Waals surface area contributed by atoms with Gasteiger partial charge in [-0.2, -0.15) is 9.65 Å². The van der Waals surface area contributed by atoms with Gasteiger partial charge in [-0.3, -0.25) is 14.7 Å². The molecule has 0 aliphatic carbocycles. The number of aliphatic imine (C=N–C) groups is 1. The zero-order valence-corrected chi connectivity index (χ0v) is 20.7. The van der Waals surface area contributed by atoms with E-state index in [-0.39, 0.29) is 27.9 Å². The highest BCUT2D eigenvalue weighted by Crippen LogP contribution is 2.36. The Morgan fingerprint density at radius 3 is 2.62 bits per heavy atom. The number of dihydropyridines is 1. The number of nitrogens with one attached hydrogen (secondary N) is 1. The number of aromatic nitrogens is 2. The number of halogens is 1. The third-order valence-electron chi connectivity index (χ3n) is 5.60. The molecule has 4 aromatic rings. The van der Waals surface area contributed by atoms with E-state index in [9.17, 15) is 18.1 Å². The Hall–Kier alpha value is -4.40. The quantitative estimate of drug-likeness (QED) is 0.355. The Morgan fingerprint density at radius 1 is 1.08 bits per heavy atom. The molecule has 37 heavy (non-hydrogen) atoms. The van der Waals surface area contributed by atoms with Crippen LogP contribution in [0, 0.1) is 11.3 Å². The van der Waals surface area contributed by atoms with Crippen molar-refractivity contribution in [2.24, 2.45) is 4.99 Å². The summed E-state index contributed by atoms with van der Waals surface area (Å²) >= 11 is 1.13. The van der Waals surface area contributed by atoms with Crippen LogP contribution in [0.4, 0.5) is 9.52 Å². The van der Waals surface area contributed by atoms with Gasteiger partial charge in [0.1, 0.15) is 11.8 Å². The lowest BCUT2D eigenvalue weighted by Crippen LogP contribution is -2.37. The standard InChI is InChI=1S/C26H18FN5O3S2/c27-24-8-10-26(17-31-24,20-9-11-29-22(15-20)18-4-2-1-3-5-18)35-23-7-6-21(14-19(23)16-28)37(33,34)32-25-30-12-13-36-25/h1-15H,17H2,(H,30,32). The molecule has 8 nitrogen and oxygen atoms in total. The van der Waals surface area contributed by atoms with Gasteiger partial charge < -0.3 is 4.74 Å². The second-order valence-electron chi connectivity index (χ2n) is 7.97. The molecule has 1 aliphatic heterocycles. The van der Waals surface area contributed by atoms with Crippen LogP contribution in [0.3, 0.4) is 0 Å². The molecule has 0 saturated carbocycles. The molecule has 2 aromatic heterocycles. The first-order valence-electron chi connectivity index (χ1n) is 11.0. The van der Waals surface area contributed by atoms with Crippen LogP contribution in [0.5, 0.6) is 5.75 Å². The van der Waals surface area contributed by atoms with Gasteiger partial charge in [0.2, 0.25) is 5.97 Å². The molecule has 11 heteroatoms. The number of benzene rings is 2. The Bertz CT molecular complexity index is 1650. The maximum atomic E-state index is 13.9. The van der Waals surface area contributed by atoms with E-state index in [2.05, 4.69) is 19.7 Å². The zero-order valence-electron chi connectivity index (χ0n) is 19.1. The summed E-state index contributed by atoms with van der Waals surface area (Å²) in [6.07, 6.45) is 5.84. The number of hydrogen-bond acceptors (Lipinski definition) is 8. The molecule has 1 unspecified atom stereocenters. The van der Waals surface area contributed by atoms with Crippen LogP contribution in [-0.2, 0) is 15.6 Å². The van der Waals surface area contributed by atoms with Crippen molar-refractivity contribution in [2.45, 2.75) is 10.5 Å². The number of thiazole rings is 1. The molecule has 1 aliphatic rings. The lowest BCUT2D eigenvalue weighted by Gasteiger charge is -2.33. The van der Waals surface area contributed by atoms with Gasteiger partial charge >= 0.3 is 0 Å². The van der Waals surface area contributed by atoms with Crippen molar-refractivity contribution in [3.8, 4) is 23.1 Å². The maximum Gasteiger partial charge on any atom is 0.263 e. The van der Waals surface area contributed by atoms with Crippen LogP contribution >= 0.6 is 11.3 Å². The molecular formula is C26H18FN5O3S2. The average molecular weight is 532 g/mol. The van der Waals surface area contributed by atoms with Gasteiger partial charge in [-0.1, -0.05) is 30.3 Å². The normalized spacial score (nSPS) is 17.0. The van der Waals surface area contributed by atoms with E-state index in [1.54, 1.807) is 17.6 Å². The number of nitriles is 1. The molecule has 184 valence electrons. The molecule has 0 spiro atoms. The van der Waals surface area contributed by atoms with Gasteiger partial charge in [0.05, 0.1) is 22.7 Å². The zero-order chi connectivity index (χ0) is 25.9. The maximum absolute atomic E-state index is 13.9. The van der Waals surface area contributed by atoms with Crippen molar-refractivity contribution in [1.29, 1.82) is 5.26 Å². The highest BCUT2D eigenvalue weighted by Gasteiger charge is 2.36. The lowest BCUT2D eigenvalue weighted by molar-refractivity contribution is 0.127. The number of pyridine rings is 1. The van der Waals surface area contributed by atoms with Crippen molar-refractivity contribution in [1.82, 2.24) is 9.97 Å². The summed E-state index contributed by atoms with van der Waals surface area (Å²) in [5.41, 5.74) is 0.934. The predicted molar refractivity (Wildman–Crippen MR) is 139 cm³/mol. The minimum atomic E-state index is -3.98. The van der Waals surface area contributed by atoms with Crippen LogP contribution in [0.2, 0.25) is 0 Å². The monoisotopic (exact) mass is 531 g/mol. The van der Waals surface area contributed by atoms with Gasteiger partial charge in [0, 0.05) is 28.9 Å². The van der Waals surface area contributed by atoms with E-state index in [1.807, 2.05) is 42.5 Å². The first kappa shape index (κ1) is 24.3. The molecule has 3 heterocycles. The van der Waals surface area contributed by atoms with Gasteiger partial charge in [0.15, 0.2) is 10.7 Å². The van der Waals surface area contributed by atoms with E-state index < -0.39 is 21.6 Å². The van der Waals surface area contributed by atoms with E-state index >= 15 is 0 Å². The van der Waals surface area contributed by atoms with Gasteiger partial charge in [0.25, 0.3) is 10.0 Å². The summed E-state index contributed by atoms with van der Waals surface area (Å²) in [7, 11) is -3.98. The summed E-state index contributed by atoms with van der Waals surface area (Å²) in [5, 5.41) is 11.7. The van der Waals surface area contributed by atoms with Crippen LogP contribution in [0.1, 0.15) is 11.1 Å². The molecule has 1 N–H and O–H groups in total. The number of anilines is 1. The molecule has 0 saturated heterocycles. The average Bonchev–Trinajstić information content (AvgIpc) is 3.43. The van der Waals surface area contributed by atoms with Crippen molar-refractivity contribution >= 4 is 32.5 Å². The van der Waals surface area contributed by atoms with Crippen LogP contribution in [-0.4, -0.2) is 30.9 Å². The van der Waals surface area contributed by atoms with Crippen molar-refractivity contribution in [3.05, 3.63) is 102 Å². The van der Waals surface area contributed by atoms with Crippen LogP contribution in [0.15, 0.2) is 100 Å².